The van der Waals surface area contributed by atoms with Crippen molar-refractivity contribution in [2.75, 3.05) is 0 Å². The molecule has 1 saturated carbocycles. The number of hydrogen-bond donors (Lipinski definition) is 1. The zero-order chi connectivity index (χ0) is 13.8. The van der Waals surface area contributed by atoms with E-state index in [4.69, 9.17) is 0 Å². The first-order chi connectivity index (χ1) is 9.08. The molecule has 1 atom stereocenters. The SMILES string of the molecule is CC(C)C1CCC(N[C@@H](C)c2ccccc2Br)CC1. The average Bonchev–Trinajstić information content (AvgIpc) is 2.39. The minimum absolute atomic E-state index is 0.427. The van der Waals surface area contributed by atoms with E-state index in [9.17, 15) is 0 Å². The Hall–Kier alpha value is -0.340. The van der Waals surface area contributed by atoms with Gasteiger partial charge in [-0.2, -0.15) is 0 Å². The minimum atomic E-state index is 0.427. The van der Waals surface area contributed by atoms with Gasteiger partial charge in [0.15, 0.2) is 0 Å². The van der Waals surface area contributed by atoms with Gasteiger partial charge in [0.2, 0.25) is 0 Å². The molecule has 1 aliphatic carbocycles. The Bertz CT molecular complexity index is 394. The van der Waals surface area contributed by atoms with Gasteiger partial charge in [-0.25, -0.2) is 0 Å². The highest BCUT2D eigenvalue weighted by Gasteiger charge is 2.24. The number of rotatable bonds is 4. The van der Waals surface area contributed by atoms with Gasteiger partial charge in [0.25, 0.3) is 0 Å². The van der Waals surface area contributed by atoms with E-state index in [1.807, 2.05) is 0 Å². The lowest BCUT2D eigenvalue weighted by Gasteiger charge is -2.33. The Morgan fingerprint density at radius 1 is 1.05 bits per heavy atom. The zero-order valence-corrected chi connectivity index (χ0v) is 13.9. The van der Waals surface area contributed by atoms with Crippen molar-refractivity contribution in [3.05, 3.63) is 34.3 Å². The molecule has 1 aromatic carbocycles. The summed E-state index contributed by atoms with van der Waals surface area (Å²) in [6.45, 7) is 7.00. The van der Waals surface area contributed by atoms with Crippen molar-refractivity contribution in [3.63, 3.8) is 0 Å². The second-order valence-electron chi connectivity index (χ2n) is 6.27. The fraction of sp³-hybridized carbons (Fsp3) is 0.647. The summed E-state index contributed by atoms with van der Waals surface area (Å²) >= 11 is 3.65. The molecule has 1 aromatic rings. The molecule has 2 heteroatoms. The van der Waals surface area contributed by atoms with Gasteiger partial charge in [-0.1, -0.05) is 48.0 Å². The normalized spacial score (nSPS) is 25.5. The van der Waals surface area contributed by atoms with Crippen LogP contribution in [0, 0.1) is 11.8 Å². The van der Waals surface area contributed by atoms with E-state index in [0.29, 0.717) is 12.1 Å². The van der Waals surface area contributed by atoms with Crippen molar-refractivity contribution in [3.8, 4) is 0 Å². The molecule has 1 fully saturated rings. The molecule has 1 aliphatic rings. The van der Waals surface area contributed by atoms with Crippen LogP contribution in [-0.2, 0) is 0 Å². The largest absolute Gasteiger partial charge is 0.307 e. The second kappa shape index (κ2) is 6.90. The lowest BCUT2D eigenvalue weighted by molar-refractivity contribution is 0.231. The van der Waals surface area contributed by atoms with Gasteiger partial charge >= 0.3 is 0 Å². The quantitative estimate of drug-likeness (QED) is 0.791. The first-order valence-electron chi connectivity index (χ1n) is 7.58. The van der Waals surface area contributed by atoms with Crippen LogP contribution in [-0.4, -0.2) is 6.04 Å². The van der Waals surface area contributed by atoms with Crippen LogP contribution in [0.2, 0.25) is 0 Å². The van der Waals surface area contributed by atoms with Crippen molar-refractivity contribution >= 4 is 15.9 Å². The molecule has 19 heavy (non-hydrogen) atoms. The van der Waals surface area contributed by atoms with Crippen molar-refractivity contribution in [1.29, 1.82) is 0 Å². The average molecular weight is 324 g/mol. The van der Waals surface area contributed by atoms with Gasteiger partial charge in [-0.15, -0.1) is 0 Å². The predicted molar refractivity (Wildman–Crippen MR) is 86.3 cm³/mol. The molecule has 0 aliphatic heterocycles. The maximum Gasteiger partial charge on any atom is 0.0305 e. The van der Waals surface area contributed by atoms with E-state index in [1.54, 1.807) is 0 Å². The third kappa shape index (κ3) is 4.06. The molecule has 0 heterocycles. The molecule has 0 radical (unpaired) electrons. The van der Waals surface area contributed by atoms with Crippen LogP contribution < -0.4 is 5.32 Å². The Morgan fingerprint density at radius 2 is 1.68 bits per heavy atom. The molecule has 106 valence electrons. The number of halogens is 1. The zero-order valence-electron chi connectivity index (χ0n) is 12.3. The summed E-state index contributed by atoms with van der Waals surface area (Å²) < 4.78 is 1.21. The van der Waals surface area contributed by atoms with Crippen LogP contribution in [0.1, 0.15) is 58.1 Å². The van der Waals surface area contributed by atoms with Gasteiger partial charge in [-0.05, 0) is 56.1 Å². The first-order valence-corrected chi connectivity index (χ1v) is 8.37. The van der Waals surface area contributed by atoms with Crippen LogP contribution >= 0.6 is 15.9 Å². The third-order valence-corrected chi connectivity index (χ3v) is 5.29. The molecule has 1 N–H and O–H groups in total. The van der Waals surface area contributed by atoms with E-state index in [-0.39, 0.29) is 0 Å². The van der Waals surface area contributed by atoms with Gasteiger partial charge in [0.1, 0.15) is 0 Å². The van der Waals surface area contributed by atoms with Crippen molar-refractivity contribution in [2.24, 2.45) is 11.8 Å². The molecule has 0 spiro atoms. The number of benzene rings is 1. The van der Waals surface area contributed by atoms with Gasteiger partial charge in [0.05, 0.1) is 0 Å². The summed E-state index contributed by atoms with van der Waals surface area (Å²) in [6.07, 6.45) is 5.44. The highest BCUT2D eigenvalue weighted by Crippen LogP contribution is 2.31. The summed E-state index contributed by atoms with van der Waals surface area (Å²) in [4.78, 5) is 0. The van der Waals surface area contributed by atoms with Crippen LogP contribution in [0.15, 0.2) is 28.7 Å². The highest BCUT2D eigenvalue weighted by molar-refractivity contribution is 9.10. The standard InChI is InChI=1S/C17H26BrN/c1-12(2)14-8-10-15(11-9-14)19-13(3)16-6-4-5-7-17(16)18/h4-7,12-15,19H,8-11H2,1-3H3/t13-,14?,15?/m0/s1. The predicted octanol–water partition coefficient (Wildman–Crippen LogP) is 5.31. The lowest BCUT2D eigenvalue weighted by atomic mass is 9.79. The van der Waals surface area contributed by atoms with Crippen molar-refractivity contribution in [2.45, 2.75) is 58.5 Å². The fourth-order valence-corrected chi connectivity index (χ4v) is 3.85. The molecule has 0 amide bonds. The summed E-state index contributed by atoms with van der Waals surface area (Å²) in [5.74, 6) is 1.79. The molecular formula is C17H26BrN. The summed E-state index contributed by atoms with van der Waals surface area (Å²) in [5, 5.41) is 3.81. The second-order valence-corrected chi connectivity index (χ2v) is 7.12. The maximum atomic E-state index is 3.81. The number of nitrogens with one attached hydrogen (secondary N) is 1. The van der Waals surface area contributed by atoms with E-state index in [1.165, 1.54) is 35.7 Å². The van der Waals surface area contributed by atoms with Crippen LogP contribution in [0.4, 0.5) is 0 Å². The Balaban J connectivity index is 1.87. The Labute approximate surface area is 126 Å². The van der Waals surface area contributed by atoms with E-state index >= 15 is 0 Å². The first kappa shape index (κ1) is 15.1. The third-order valence-electron chi connectivity index (χ3n) is 4.57. The van der Waals surface area contributed by atoms with Gasteiger partial charge in [-0.3, -0.25) is 0 Å². The summed E-state index contributed by atoms with van der Waals surface area (Å²) in [7, 11) is 0. The summed E-state index contributed by atoms with van der Waals surface area (Å²) in [5.41, 5.74) is 1.37. The molecule has 2 rings (SSSR count). The lowest BCUT2D eigenvalue weighted by Crippen LogP contribution is -2.35. The van der Waals surface area contributed by atoms with E-state index in [0.717, 1.165) is 11.8 Å². The molecular weight excluding hydrogens is 298 g/mol. The molecule has 0 aromatic heterocycles. The molecule has 0 unspecified atom stereocenters. The summed E-state index contributed by atoms with van der Waals surface area (Å²) in [6, 6.07) is 9.65. The fourth-order valence-electron chi connectivity index (χ4n) is 3.22. The van der Waals surface area contributed by atoms with Crippen molar-refractivity contribution < 1.29 is 0 Å². The smallest absolute Gasteiger partial charge is 0.0305 e. The maximum absolute atomic E-state index is 3.81. The van der Waals surface area contributed by atoms with Gasteiger partial charge in [0, 0.05) is 16.6 Å². The van der Waals surface area contributed by atoms with E-state index < -0.39 is 0 Å². The van der Waals surface area contributed by atoms with E-state index in [2.05, 4.69) is 66.3 Å². The van der Waals surface area contributed by atoms with Crippen LogP contribution in [0.25, 0.3) is 0 Å². The van der Waals surface area contributed by atoms with Crippen LogP contribution in [0.3, 0.4) is 0 Å². The monoisotopic (exact) mass is 323 g/mol. The van der Waals surface area contributed by atoms with Crippen molar-refractivity contribution in [1.82, 2.24) is 5.32 Å². The van der Waals surface area contributed by atoms with Gasteiger partial charge < -0.3 is 5.32 Å². The number of hydrogen-bond acceptors (Lipinski definition) is 1. The molecule has 1 nitrogen and oxygen atoms in total. The highest BCUT2D eigenvalue weighted by atomic mass is 79.9. The minimum Gasteiger partial charge on any atom is -0.307 e. The Morgan fingerprint density at radius 3 is 2.26 bits per heavy atom. The Kier molecular flexibility index (Phi) is 5.47. The topological polar surface area (TPSA) is 12.0 Å². The van der Waals surface area contributed by atoms with Crippen LogP contribution in [0.5, 0.6) is 0 Å². The molecule has 0 bridgehead atoms. The molecule has 0 saturated heterocycles.